The van der Waals surface area contributed by atoms with Gasteiger partial charge in [-0.05, 0) is 58.9 Å². The van der Waals surface area contributed by atoms with E-state index in [1.807, 2.05) is 41.3 Å². The van der Waals surface area contributed by atoms with E-state index in [1.54, 1.807) is 0 Å². The molecule has 5 aromatic carbocycles. The molecule has 0 bridgehead atoms. The molecule has 0 N–H and O–H groups in total. The van der Waals surface area contributed by atoms with Gasteiger partial charge in [0.2, 0.25) is 6.71 Å². The highest BCUT2D eigenvalue weighted by Crippen LogP contribution is 2.55. The Balaban J connectivity index is 1.55. The Morgan fingerprint density at radius 1 is 0.632 bits per heavy atom. The number of hydrogen-bond donors (Lipinski definition) is 0. The summed E-state index contributed by atoms with van der Waals surface area (Å²) in [4.78, 5) is 4.24. The molecule has 0 amide bonds. The molecule has 0 fully saturated rings. The van der Waals surface area contributed by atoms with Gasteiger partial charge in [-0.15, -0.1) is 0 Å². The van der Waals surface area contributed by atoms with E-state index in [-0.39, 0.29) is 36.6 Å². The second kappa shape index (κ2) is 7.75. The van der Waals surface area contributed by atoms with Gasteiger partial charge in [0.1, 0.15) is 0 Å². The molecule has 3 aliphatic rings. The highest BCUT2D eigenvalue weighted by atomic mass is 15.2. The molecule has 0 aromatic heterocycles. The molecule has 3 heteroatoms. The van der Waals surface area contributed by atoms with Crippen molar-refractivity contribution >= 4 is 51.8 Å². The van der Waals surface area contributed by atoms with Gasteiger partial charge in [-0.2, -0.15) is 0 Å². The molecule has 180 valence electrons. The quantitative estimate of drug-likeness (QED) is 0.236. The zero-order chi connectivity index (χ0) is 29.8. The summed E-state index contributed by atoms with van der Waals surface area (Å²) in [6.07, 6.45) is 0. The zero-order valence-electron chi connectivity index (χ0n) is 26.2. The summed E-state index contributed by atoms with van der Waals surface area (Å²) in [6.45, 7) is 4.39. The van der Waals surface area contributed by atoms with Crippen LogP contribution >= 0.6 is 0 Å². The summed E-state index contributed by atoms with van der Waals surface area (Å²) in [5.41, 5.74) is 10.3. The normalized spacial score (nSPS) is 17.9. The van der Waals surface area contributed by atoms with Gasteiger partial charge in [0.15, 0.2) is 0 Å². The fourth-order valence-electron chi connectivity index (χ4n) is 6.87. The Bertz CT molecular complexity index is 2010. The maximum atomic E-state index is 9.05. The summed E-state index contributed by atoms with van der Waals surface area (Å²) in [7, 11) is 0. The van der Waals surface area contributed by atoms with Crippen molar-refractivity contribution in [2.45, 2.75) is 19.3 Å². The van der Waals surface area contributed by atoms with Crippen molar-refractivity contribution in [3.05, 3.63) is 144 Å². The Morgan fingerprint density at radius 2 is 1.29 bits per heavy atom. The smallest absolute Gasteiger partial charge is 0.248 e. The Hall–Kier alpha value is -4.50. The third-order valence-corrected chi connectivity index (χ3v) is 8.34. The number of nitrogens with zero attached hydrogens (tertiary/aromatic N) is 2. The molecule has 2 nitrogen and oxygen atoms in total. The molecule has 0 unspecified atom stereocenters. The van der Waals surface area contributed by atoms with Crippen molar-refractivity contribution in [1.82, 2.24) is 0 Å². The number of benzene rings is 5. The van der Waals surface area contributed by atoms with E-state index in [9.17, 15) is 0 Å². The topological polar surface area (TPSA) is 6.48 Å². The molecule has 1 aliphatic carbocycles. The first kappa shape index (κ1) is 17.1. The number of allylic oxidation sites excluding steroid dienone is 1. The Morgan fingerprint density at radius 3 is 2.11 bits per heavy atom. The first-order chi connectivity index (χ1) is 20.7. The molecule has 0 radical (unpaired) electrons. The molecule has 38 heavy (non-hydrogen) atoms. The molecule has 5 aromatic rings. The number of rotatable bonds is 2. The van der Waals surface area contributed by atoms with Crippen molar-refractivity contribution in [3.63, 3.8) is 0 Å². The molecular weight excluding hydrogens is 459 g/mol. The van der Waals surface area contributed by atoms with Crippen LogP contribution in [0, 0.1) is 0 Å². The van der Waals surface area contributed by atoms with Gasteiger partial charge in [0.25, 0.3) is 0 Å². The van der Waals surface area contributed by atoms with Crippen LogP contribution < -0.4 is 20.7 Å². The monoisotopic (exact) mass is 491 g/mol. The Labute approximate surface area is 231 Å². The molecule has 2 aliphatic heterocycles. The van der Waals surface area contributed by atoms with E-state index in [4.69, 9.17) is 6.85 Å². The van der Waals surface area contributed by atoms with Crippen molar-refractivity contribution in [2.24, 2.45) is 0 Å². The van der Waals surface area contributed by atoms with E-state index >= 15 is 0 Å². The molecule has 0 atom stereocenters. The fourth-order valence-corrected chi connectivity index (χ4v) is 6.87. The number of hydrogen-bond acceptors (Lipinski definition) is 2. The number of anilines is 5. The third-order valence-electron chi connectivity index (χ3n) is 8.34. The first-order valence-electron chi connectivity index (χ1n) is 15.5. The van der Waals surface area contributed by atoms with Crippen LogP contribution in [0.4, 0.5) is 28.4 Å². The molecule has 0 saturated heterocycles. The lowest BCUT2D eigenvalue weighted by Gasteiger charge is -2.45. The highest BCUT2D eigenvalue weighted by molar-refractivity contribution is 6.96. The Kier molecular flexibility index (Phi) is 3.49. The second-order valence-electron chi connectivity index (χ2n) is 10.6. The minimum atomic E-state index is -0.394. The minimum absolute atomic E-state index is 0.0965. The van der Waals surface area contributed by atoms with Crippen LogP contribution in [0.3, 0.4) is 0 Å². The summed E-state index contributed by atoms with van der Waals surface area (Å²) >= 11 is 0. The lowest BCUT2D eigenvalue weighted by molar-refractivity contribution is 0.666. The van der Waals surface area contributed by atoms with E-state index in [0.717, 1.165) is 45.0 Å². The average molecular weight is 491 g/mol. The van der Waals surface area contributed by atoms with Crippen molar-refractivity contribution < 1.29 is 6.85 Å². The van der Waals surface area contributed by atoms with Crippen molar-refractivity contribution in [2.75, 3.05) is 9.80 Å². The minimum Gasteiger partial charge on any atom is -0.311 e. The van der Waals surface area contributed by atoms with Gasteiger partial charge in [-0.25, -0.2) is 0 Å². The summed E-state index contributed by atoms with van der Waals surface area (Å²) in [6, 6.07) is 31.8. The second-order valence-corrected chi connectivity index (χ2v) is 10.6. The van der Waals surface area contributed by atoms with Gasteiger partial charge in [0.05, 0.1) is 6.85 Å². The standard InChI is InChI=1S/C35H27BN2/c1-35(2)27-19-10-9-18-26(27)33-34(35)36-28-20-11-12-21-29(28)37(24-14-5-3-6-15-24)30-22-13-23-31(32(30)36)38(33)25-16-7-4-8-17-25/h3-23H,1-2H3/i4D,7D,8D,16D,17D. The van der Waals surface area contributed by atoms with Gasteiger partial charge >= 0.3 is 0 Å². The molecular formula is C35H27BN2. The third kappa shape index (κ3) is 2.74. The van der Waals surface area contributed by atoms with Crippen molar-refractivity contribution in [3.8, 4) is 0 Å². The predicted molar refractivity (Wildman–Crippen MR) is 161 cm³/mol. The largest absolute Gasteiger partial charge is 0.311 e. The van der Waals surface area contributed by atoms with Gasteiger partial charge in [-0.3, -0.25) is 0 Å². The van der Waals surface area contributed by atoms with Gasteiger partial charge < -0.3 is 9.80 Å². The number of fused-ring (bicyclic) bond motifs is 5. The first-order valence-corrected chi connectivity index (χ1v) is 13.0. The average Bonchev–Trinajstić information content (AvgIpc) is 3.27. The van der Waals surface area contributed by atoms with E-state index < -0.39 is 11.5 Å². The summed E-state index contributed by atoms with van der Waals surface area (Å²) in [5, 5.41) is 0. The van der Waals surface area contributed by atoms with Crippen LogP contribution in [0.5, 0.6) is 0 Å². The zero-order valence-corrected chi connectivity index (χ0v) is 21.2. The highest BCUT2D eigenvalue weighted by Gasteiger charge is 2.52. The van der Waals surface area contributed by atoms with Crippen LogP contribution in [-0.2, 0) is 5.41 Å². The van der Waals surface area contributed by atoms with E-state index in [0.29, 0.717) is 0 Å². The SMILES string of the molecule is [2H]c1c([2H])c([2H])c(N2C3=C(B4c5ccccc5N(c5ccccc5)c5cccc2c54)C(C)(C)c2ccccc23)c([2H])c1[2H]. The van der Waals surface area contributed by atoms with Gasteiger partial charge in [-0.1, -0.05) is 104 Å². The van der Waals surface area contributed by atoms with Gasteiger partial charge in [0, 0.05) is 45.1 Å². The van der Waals surface area contributed by atoms with Crippen LogP contribution in [0.1, 0.15) is 31.8 Å². The van der Waals surface area contributed by atoms with Crippen molar-refractivity contribution in [1.29, 1.82) is 0 Å². The molecule has 2 heterocycles. The van der Waals surface area contributed by atoms with Crippen LogP contribution in [0.25, 0.3) is 5.70 Å². The summed E-state index contributed by atoms with van der Waals surface area (Å²) < 4.78 is 43.5. The van der Waals surface area contributed by atoms with Crippen LogP contribution in [0.15, 0.2) is 133 Å². The lowest BCUT2D eigenvalue weighted by Crippen LogP contribution is -2.57. The maximum absolute atomic E-state index is 9.05. The number of para-hydroxylation sites is 3. The lowest BCUT2D eigenvalue weighted by atomic mass is 9.30. The molecule has 8 rings (SSSR count). The van der Waals surface area contributed by atoms with Crippen LogP contribution in [0.2, 0.25) is 0 Å². The van der Waals surface area contributed by atoms with Crippen LogP contribution in [-0.4, -0.2) is 6.71 Å². The van der Waals surface area contributed by atoms with E-state index in [1.165, 1.54) is 10.9 Å². The predicted octanol–water partition coefficient (Wildman–Crippen LogP) is 7.47. The molecule has 0 saturated carbocycles. The molecule has 0 spiro atoms. The van der Waals surface area contributed by atoms with E-state index in [2.05, 4.69) is 79.4 Å². The fraction of sp³-hybridized carbons (Fsp3) is 0.0857. The maximum Gasteiger partial charge on any atom is 0.248 e. The summed E-state index contributed by atoms with van der Waals surface area (Å²) in [5.74, 6) is 0.